The molecule has 0 fully saturated rings. The third kappa shape index (κ3) is 4.81. The summed E-state index contributed by atoms with van der Waals surface area (Å²) in [4.78, 5) is 12.1. The van der Waals surface area contributed by atoms with Crippen molar-refractivity contribution in [2.45, 2.75) is 17.9 Å². The second-order valence-corrected chi connectivity index (χ2v) is 7.20. The number of benzene rings is 2. The summed E-state index contributed by atoms with van der Waals surface area (Å²) in [6, 6.07) is 11.2. The smallest absolute Gasteiger partial charge is 0.744 e. The normalized spacial score (nSPS) is 17.1. The summed E-state index contributed by atoms with van der Waals surface area (Å²) in [7, 11) is -4.70. The molecular weight excluding hydrogens is 403 g/mol. The van der Waals surface area contributed by atoms with Crippen molar-refractivity contribution in [2.75, 3.05) is 5.01 Å². The van der Waals surface area contributed by atoms with Gasteiger partial charge >= 0.3 is 29.6 Å². The van der Waals surface area contributed by atoms with Crippen LogP contribution in [-0.4, -0.2) is 30.6 Å². The predicted octanol–water partition coefficient (Wildman–Crippen LogP) is 0.123. The number of carbonyl (C=O) groups excluding carboxylic acids is 1. The monoisotopic (exact) mass is 414 g/mol. The SMILES string of the molecule is CC1=NN(c2cc(S(=O)(=O)[O-])ccc2Cl)C(=O)C1N=Nc1ccccc1.[Na+]. The molecule has 0 saturated carbocycles. The third-order valence-corrected chi connectivity index (χ3v) is 4.73. The molecule has 0 aliphatic carbocycles. The molecule has 0 N–H and O–H groups in total. The van der Waals surface area contributed by atoms with Crippen molar-refractivity contribution in [3.05, 3.63) is 53.6 Å². The van der Waals surface area contributed by atoms with Gasteiger partial charge in [-0.2, -0.15) is 20.3 Å². The summed E-state index contributed by atoms with van der Waals surface area (Å²) in [6.45, 7) is 1.59. The molecule has 27 heavy (non-hydrogen) atoms. The summed E-state index contributed by atoms with van der Waals surface area (Å²) in [5, 5.41) is 13.1. The Morgan fingerprint density at radius 1 is 1.19 bits per heavy atom. The maximum absolute atomic E-state index is 12.6. The molecule has 134 valence electrons. The molecule has 2 aromatic carbocycles. The molecule has 1 heterocycles. The quantitative estimate of drug-likeness (QED) is 0.401. The van der Waals surface area contributed by atoms with E-state index in [4.69, 9.17) is 11.6 Å². The largest absolute Gasteiger partial charge is 1.00 e. The van der Waals surface area contributed by atoms with Crippen LogP contribution < -0.4 is 34.6 Å². The van der Waals surface area contributed by atoms with Gasteiger partial charge < -0.3 is 4.55 Å². The van der Waals surface area contributed by atoms with Crippen LogP contribution in [-0.2, 0) is 14.9 Å². The minimum Gasteiger partial charge on any atom is -0.744 e. The molecule has 2 aromatic rings. The van der Waals surface area contributed by atoms with E-state index in [-0.39, 0.29) is 40.3 Å². The van der Waals surface area contributed by atoms with Gasteiger partial charge in [-0.3, -0.25) is 4.79 Å². The molecule has 0 bridgehead atoms. The predicted molar refractivity (Wildman–Crippen MR) is 94.8 cm³/mol. The fourth-order valence-corrected chi connectivity index (χ4v) is 2.98. The number of carbonyl (C=O) groups is 1. The summed E-state index contributed by atoms with van der Waals surface area (Å²) in [5.41, 5.74) is 0.926. The van der Waals surface area contributed by atoms with Gasteiger partial charge in [0.15, 0.2) is 6.04 Å². The first kappa shape index (κ1) is 21.7. The van der Waals surface area contributed by atoms with Crippen LogP contribution in [0.3, 0.4) is 0 Å². The minimum absolute atomic E-state index is 0. The zero-order valence-corrected chi connectivity index (χ0v) is 18.0. The number of hydrazone groups is 1. The Bertz CT molecular complexity index is 1030. The van der Waals surface area contributed by atoms with Crippen LogP contribution in [0.5, 0.6) is 0 Å². The first-order chi connectivity index (χ1) is 12.3. The molecule has 0 radical (unpaired) electrons. The molecule has 8 nitrogen and oxygen atoms in total. The van der Waals surface area contributed by atoms with Gasteiger partial charge in [-0.25, -0.2) is 8.42 Å². The number of hydrogen-bond donors (Lipinski definition) is 0. The van der Waals surface area contributed by atoms with Crippen LogP contribution in [0.15, 0.2) is 68.8 Å². The molecule has 1 aliphatic rings. The van der Waals surface area contributed by atoms with E-state index in [0.29, 0.717) is 11.4 Å². The number of anilines is 1. The zero-order valence-electron chi connectivity index (χ0n) is 14.4. The molecular formula is C16H12ClN4NaO4S. The Labute approximate surface area is 183 Å². The maximum Gasteiger partial charge on any atom is 1.00 e. The van der Waals surface area contributed by atoms with Crippen molar-refractivity contribution in [1.29, 1.82) is 0 Å². The molecule has 1 atom stereocenters. The van der Waals surface area contributed by atoms with Gasteiger partial charge in [0.05, 0.1) is 27.0 Å². The van der Waals surface area contributed by atoms with Crippen molar-refractivity contribution in [3.8, 4) is 0 Å². The van der Waals surface area contributed by atoms with Crippen molar-refractivity contribution < 1.29 is 47.3 Å². The average molecular weight is 415 g/mol. The second-order valence-electron chi connectivity index (χ2n) is 5.41. The van der Waals surface area contributed by atoms with E-state index in [1.54, 1.807) is 31.2 Å². The van der Waals surface area contributed by atoms with Gasteiger partial charge in [0.25, 0.3) is 5.91 Å². The van der Waals surface area contributed by atoms with Crippen LogP contribution in [0.25, 0.3) is 0 Å². The Hall–Kier alpha value is -1.62. The van der Waals surface area contributed by atoms with E-state index in [9.17, 15) is 17.8 Å². The van der Waals surface area contributed by atoms with Gasteiger partial charge in [0.1, 0.15) is 10.1 Å². The zero-order chi connectivity index (χ0) is 18.9. The first-order valence-corrected chi connectivity index (χ1v) is 9.16. The van der Waals surface area contributed by atoms with Crippen LogP contribution in [0.2, 0.25) is 5.02 Å². The average Bonchev–Trinajstić information content (AvgIpc) is 2.87. The van der Waals surface area contributed by atoms with Crippen LogP contribution >= 0.6 is 11.6 Å². The Balaban J connectivity index is 0.00000261. The summed E-state index contributed by atoms with van der Waals surface area (Å²) in [5.74, 6) is -0.551. The van der Waals surface area contributed by atoms with Gasteiger partial charge in [-0.05, 0) is 37.3 Å². The topological polar surface area (TPSA) is 115 Å². The Morgan fingerprint density at radius 2 is 1.85 bits per heavy atom. The van der Waals surface area contributed by atoms with Gasteiger partial charge in [-0.1, -0.05) is 29.8 Å². The molecule has 1 amide bonds. The van der Waals surface area contributed by atoms with E-state index < -0.39 is 27.0 Å². The van der Waals surface area contributed by atoms with Gasteiger partial charge in [0, 0.05) is 0 Å². The minimum atomic E-state index is -4.70. The van der Waals surface area contributed by atoms with Crippen molar-refractivity contribution in [2.24, 2.45) is 15.3 Å². The molecule has 1 unspecified atom stereocenters. The summed E-state index contributed by atoms with van der Waals surface area (Å²) >= 11 is 6.05. The Kier molecular flexibility index (Phi) is 6.90. The molecule has 0 spiro atoms. The number of amides is 1. The molecule has 3 rings (SSSR count). The maximum atomic E-state index is 12.6. The van der Waals surface area contributed by atoms with Crippen molar-refractivity contribution >= 4 is 44.7 Å². The van der Waals surface area contributed by atoms with Crippen molar-refractivity contribution in [1.82, 2.24) is 0 Å². The van der Waals surface area contributed by atoms with Gasteiger partial charge in [0.2, 0.25) is 0 Å². The number of azo groups is 1. The summed E-state index contributed by atoms with van der Waals surface area (Å²) < 4.78 is 33.6. The number of nitrogens with zero attached hydrogens (tertiary/aromatic N) is 4. The standard InChI is InChI=1S/C16H13ClN4O4S.Na/c1-10-15(19-18-11-5-3-2-4-6-11)16(22)21(20-10)14-9-12(26(23,24)25)7-8-13(14)17;/h2-9,15H,1H3,(H,23,24,25);/q;+1/p-1. The van der Waals surface area contributed by atoms with E-state index in [0.717, 1.165) is 17.1 Å². The second kappa shape index (κ2) is 8.59. The number of rotatable bonds is 4. The van der Waals surface area contributed by atoms with Gasteiger partial charge in [-0.15, -0.1) is 0 Å². The fraction of sp³-hybridized carbons (Fsp3) is 0.125. The summed E-state index contributed by atoms with van der Waals surface area (Å²) in [6.07, 6.45) is 0. The van der Waals surface area contributed by atoms with Crippen LogP contribution in [0, 0.1) is 0 Å². The third-order valence-electron chi connectivity index (χ3n) is 3.58. The van der Waals surface area contributed by atoms with Crippen LogP contribution in [0.4, 0.5) is 11.4 Å². The molecule has 1 aliphatic heterocycles. The number of hydrogen-bond acceptors (Lipinski definition) is 7. The van der Waals surface area contributed by atoms with E-state index in [2.05, 4.69) is 15.3 Å². The molecule has 11 heteroatoms. The van der Waals surface area contributed by atoms with E-state index in [1.165, 1.54) is 6.07 Å². The number of halogens is 1. The Morgan fingerprint density at radius 3 is 2.48 bits per heavy atom. The molecule has 0 saturated heterocycles. The van der Waals surface area contributed by atoms with E-state index in [1.807, 2.05) is 6.07 Å². The van der Waals surface area contributed by atoms with Crippen LogP contribution in [0.1, 0.15) is 6.92 Å². The van der Waals surface area contributed by atoms with Crippen molar-refractivity contribution in [3.63, 3.8) is 0 Å². The van der Waals surface area contributed by atoms with E-state index >= 15 is 0 Å². The molecule has 0 aromatic heterocycles. The first-order valence-electron chi connectivity index (χ1n) is 7.38. The fourth-order valence-electron chi connectivity index (χ4n) is 2.29.